The average Bonchev–Trinajstić information content (AvgIpc) is 2.83. The molecule has 17 heavy (non-hydrogen) atoms. The molecule has 0 spiro atoms. The summed E-state index contributed by atoms with van der Waals surface area (Å²) in [6.45, 7) is 3.27. The summed E-state index contributed by atoms with van der Waals surface area (Å²) in [5.41, 5.74) is 2.65. The van der Waals surface area contributed by atoms with Gasteiger partial charge < -0.3 is 10.2 Å². The number of nitrogens with one attached hydrogen (secondary N) is 2. The van der Waals surface area contributed by atoms with E-state index in [1.54, 1.807) is 0 Å². The highest BCUT2D eigenvalue weighted by atomic mass is 16.2. The molecule has 2 rings (SSSR count). The zero-order valence-electron chi connectivity index (χ0n) is 10.3. The van der Waals surface area contributed by atoms with Crippen LogP contribution in [0.1, 0.15) is 32.6 Å². The second-order valence-corrected chi connectivity index (χ2v) is 4.70. The molecule has 1 unspecified atom stereocenters. The molecular formula is C11H21N5O. The zero-order chi connectivity index (χ0) is 12.3. The number of carbonyl (C=O) groups excluding carboxylic acids is 1. The summed E-state index contributed by atoms with van der Waals surface area (Å²) in [6, 6.07) is 0.151. The van der Waals surface area contributed by atoms with Gasteiger partial charge in [-0.1, -0.05) is 12.8 Å². The number of nitrogens with two attached hydrogens (primary N) is 1. The molecule has 1 saturated carbocycles. The smallest absolute Gasteiger partial charge is 0.242 e. The zero-order valence-corrected chi connectivity index (χ0v) is 10.3. The Morgan fingerprint density at radius 2 is 2.24 bits per heavy atom. The molecule has 1 aliphatic heterocycles. The van der Waals surface area contributed by atoms with Crippen LogP contribution in [0, 0.1) is 0 Å². The van der Waals surface area contributed by atoms with Crippen LogP contribution in [0.4, 0.5) is 0 Å². The van der Waals surface area contributed by atoms with Crippen molar-refractivity contribution in [2.24, 2.45) is 10.8 Å². The average molecular weight is 239 g/mol. The Morgan fingerprint density at radius 1 is 1.53 bits per heavy atom. The largest absolute Gasteiger partial charge is 0.353 e. The van der Waals surface area contributed by atoms with Gasteiger partial charge in [0.15, 0.2) is 0 Å². The summed E-state index contributed by atoms with van der Waals surface area (Å²) >= 11 is 0. The molecule has 1 aliphatic carbocycles. The van der Waals surface area contributed by atoms with Gasteiger partial charge in [0.05, 0.1) is 6.04 Å². The number of rotatable bonds is 1. The van der Waals surface area contributed by atoms with Gasteiger partial charge in [0.2, 0.25) is 11.9 Å². The van der Waals surface area contributed by atoms with Crippen LogP contribution in [0.3, 0.4) is 0 Å². The number of hydrazine groups is 1. The third-order valence-electron chi connectivity index (χ3n) is 3.53. The lowest BCUT2D eigenvalue weighted by atomic mass is 10.2. The molecular weight excluding hydrogens is 218 g/mol. The predicted molar refractivity (Wildman–Crippen MR) is 66.2 cm³/mol. The van der Waals surface area contributed by atoms with Gasteiger partial charge in [-0.15, -0.1) is 0 Å². The first-order valence-electron chi connectivity index (χ1n) is 6.31. The number of nitrogens with zero attached hydrogens (tertiary/aromatic N) is 2. The number of amides is 1. The molecule has 1 heterocycles. The second kappa shape index (κ2) is 5.35. The third kappa shape index (κ3) is 2.69. The number of hydrogen-bond acceptors (Lipinski definition) is 3. The minimum absolute atomic E-state index is 0.0330. The molecule has 4 N–H and O–H groups in total. The van der Waals surface area contributed by atoms with Crippen LogP contribution < -0.4 is 16.6 Å². The van der Waals surface area contributed by atoms with Crippen molar-refractivity contribution >= 4 is 11.9 Å². The van der Waals surface area contributed by atoms with E-state index < -0.39 is 0 Å². The van der Waals surface area contributed by atoms with Crippen molar-refractivity contribution in [3.05, 3.63) is 0 Å². The molecule has 0 radical (unpaired) electrons. The van der Waals surface area contributed by atoms with E-state index in [0.717, 1.165) is 19.4 Å². The SMILES string of the molecule is CC1C(=O)NCCN1C(=NC1CCCC1)NN. The highest BCUT2D eigenvalue weighted by Crippen LogP contribution is 2.21. The Balaban J connectivity index is 2.08. The van der Waals surface area contributed by atoms with Gasteiger partial charge in [0, 0.05) is 13.1 Å². The van der Waals surface area contributed by atoms with Gasteiger partial charge in [0.25, 0.3) is 0 Å². The first kappa shape index (κ1) is 12.2. The maximum atomic E-state index is 11.6. The molecule has 96 valence electrons. The lowest BCUT2D eigenvalue weighted by Gasteiger charge is -2.35. The Hall–Kier alpha value is -1.30. The fraction of sp³-hybridized carbons (Fsp3) is 0.818. The Kier molecular flexibility index (Phi) is 3.83. The van der Waals surface area contributed by atoms with Gasteiger partial charge in [-0.2, -0.15) is 0 Å². The minimum atomic E-state index is -0.208. The molecule has 1 amide bonds. The molecule has 0 bridgehead atoms. The van der Waals surface area contributed by atoms with Crippen LogP contribution in [0.2, 0.25) is 0 Å². The van der Waals surface area contributed by atoms with Crippen LogP contribution in [0.5, 0.6) is 0 Å². The quantitative estimate of drug-likeness (QED) is 0.251. The maximum absolute atomic E-state index is 11.6. The Morgan fingerprint density at radius 3 is 2.88 bits per heavy atom. The van der Waals surface area contributed by atoms with Gasteiger partial charge in [0.1, 0.15) is 6.04 Å². The predicted octanol–water partition coefficient (Wildman–Crippen LogP) is -0.431. The summed E-state index contributed by atoms with van der Waals surface area (Å²) in [7, 11) is 0. The maximum Gasteiger partial charge on any atom is 0.242 e. The molecule has 6 heteroatoms. The highest BCUT2D eigenvalue weighted by molar-refractivity contribution is 5.89. The standard InChI is InChI=1S/C11H21N5O/c1-8-10(17)13-6-7-16(8)11(15-12)14-9-4-2-3-5-9/h8-9H,2-7,12H2,1H3,(H,13,17)(H,14,15). The van der Waals surface area contributed by atoms with Crippen molar-refractivity contribution in [3.8, 4) is 0 Å². The molecule has 1 saturated heterocycles. The minimum Gasteiger partial charge on any atom is -0.353 e. The summed E-state index contributed by atoms with van der Waals surface area (Å²) in [6.07, 6.45) is 4.73. The van der Waals surface area contributed by atoms with E-state index in [2.05, 4.69) is 15.7 Å². The number of piperazine rings is 1. The lowest BCUT2D eigenvalue weighted by molar-refractivity contribution is -0.126. The third-order valence-corrected chi connectivity index (χ3v) is 3.53. The summed E-state index contributed by atoms with van der Waals surface area (Å²) in [5.74, 6) is 6.22. The first-order chi connectivity index (χ1) is 8.22. The van der Waals surface area contributed by atoms with Crippen molar-refractivity contribution in [3.63, 3.8) is 0 Å². The van der Waals surface area contributed by atoms with Crippen molar-refractivity contribution in [2.45, 2.75) is 44.7 Å². The number of guanidine groups is 1. The van der Waals surface area contributed by atoms with E-state index in [1.807, 2.05) is 11.8 Å². The Labute approximate surface area is 102 Å². The number of hydrogen-bond donors (Lipinski definition) is 3. The van der Waals surface area contributed by atoms with Crippen molar-refractivity contribution in [2.75, 3.05) is 13.1 Å². The van der Waals surface area contributed by atoms with E-state index >= 15 is 0 Å². The summed E-state index contributed by atoms with van der Waals surface area (Å²) in [4.78, 5) is 18.2. The van der Waals surface area contributed by atoms with Gasteiger partial charge >= 0.3 is 0 Å². The van der Waals surface area contributed by atoms with Crippen LogP contribution in [0.25, 0.3) is 0 Å². The van der Waals surface area contributed by atoms with Crippen LogP contribution in [-0.4, -0.2) is 41.9 Å². The molecule has 2 fully saturated rings. The summed E-state index contributed by atoms with van der Waals surface area (Å²) < 4.78 is 0. The van der Waals surface area contributed by atoms with Gasteiger partial charge in [-0.3, -0.25) is 10.2 Å². The Bertz CT molecular complexity index is 311. The summed E-state index contributed by atoms with van der Waals surface area (Å²) in [5, 5.41) is 2.83. The second-order valence-electron chi connectivity index (χ2n) is 4.70. The van der Waals surface area contributed by atoms with E-state index in [4.69, 9.17) is 5.84 Å². The fourth-order valence-corrected chi connectivity index (χ4v) is 2.47. The number of carbonyl (C=O) groups is 1. The van der Waals surface area contributed by atoms with Crippen LogP contribution in [0.15, 0.2) is 4.99 Å². The van der Waals surface area contributed by atoms with E-state index in [9.17, 15) is 4.79 Å². The highest BCUT2D eigenvalue weighted by Gasteiger charge is 2.28. The normalized spacial score (nSPS) is 27.2. The van der Waals surface area contributed by atoms with Gasteiger partial charge in [-0.05, 0) is 19.8 Å². The fourth-order valence-electron chi connectivity index (χ4n) is 2.47. The lowest BCUT2D eigenvalue weighted by Crippen LogP contribution is -2.59. The number of aliphatic imine (C=N–C) groups is 1. The topological polar surface area (TPSA) is 82.8 Å². The van der Waals surface area contributed by atoms with Crippen molar-refractivity contribution in [1.29, 1.82) is 0 Å². The molecule has 0 aromatic heterocycles. The van der Waals surface area contributed by atoms with E-state index in [0.29, 0.717) is 18.5 Å². The van der Waals surface area contributed by atoms with Crippen molar-refractivity contribution < 1.29 is 4.79 Å². The van der Waals surface area contributed by atoms with E-state index in [-0.39, 0.29) is 11.9 Å². The monoisotopic (exact) mass is 239 g/mol. The van der Waals surface area contributed by atoms with Gasteiger partial charge in [-0.25, -0.2) is 10.8 Å². The molecule has 0 aromatic rings. The molecule has 0 aromatic carbocycles. The van der Waals surface area contributed by atoms with Crippen molar-refractivity contribution in [1.82, 2.24) is 15.6 Å². The molecule has 2 aliphatic rings. The molecule has 1 atom stereocenters. The van der Waals surface area contributed by atoms with Crippen LogP contribution >= 0.6 is 0 Å². The van der Waals surface area contributed by atoms with E-state index in [1.165, 1.54) is 12.8 Å². The first-order valence-corrected chi connectivity index (χ1v) is 6.31. The molecule has 6 nitrogen and oxygen atoms in total. The van der Waals surface area contributed by atoms with Crippen LogP contribution in [-0.2, 0) is 4.79 Å².